The quantitative estimate of drug-likeness (QED) is 0.696. The lowest BCUT2D eigenvalue weighted by atomic mass is 10.1. The van der Waals surface area contributed by atoms with Gasteiger partial charge in [0.05, 0.1) is 18.8 Å². The fourth-order valence-electron chi connectivity index (χ4n) is 2.35. The highest BCUT2D eigenvalue weighted by Gasteiger charge is 2.22. The summed E-state index contributed by atoms with van der Waals surface area (Å²) in [5.74, 6) is 0. The molecule has 0 amide bonds. The van der Waals surface area contributed by atoms with Crippen LogP contribution in [0.3, 0.4) is 0 Å². The zero-order valence-corrected chi connectivity index (χ0v) is 10.8. The van der Waals surface area contributed by atoms with Crippen LogP contribution < -0.4 is 5.32 Å². The van der Waals surface area contributed by atoms with Crippen molar-refractivity contribution in [3.63, 3.8) is 0 Å². The highest BCUT2D eigenvalue weighted by Crippen LogP contribution is 2.11. The smallest absolute Gasteiger partial charge is 0.0678 e. The lowest BCUT2D eigenvalue weighted by Crippen LogP contribution is -2.47. The molecule has 0 spiro atoms. The molecule has 1 fully saturated rings. The summed E-state index contributed by atoms with van der Waals surface area (Å²) in [5, 5.41) is 12.5. The van der Waals surface area contributed by atoms with E-state index in [-0.39, 0.29) is 12.6 Å². The van der Waals surface area contributed by atoms with Crippen LogP contribution in [0.4, 0.5) is 0 Å². The molecule has 0 radical (unpaired) electrons. The van der Waals surface area contributed by atoms with Gasteiger partial charge in [0.15, 0.2) is 0 Å². The van der Waals surface area contributed by atoms with Gasteiger partial charge >= 0.3 is 0 Å². The lowest BCUT2D eigenvalue weighted by Gasteiger charge is -2.35. The molecule has 96 valence electrons. The Morgan fingerprint density at radius 1 is 1.38 bits per heavy atom. The normalized spacial score (nSPS) is 29.2. The minimum absolute atomic E-state index is 0.225. The number of hydrogen-bond donors (Lipinski definition) is 2. The molecule has 0 aromatic heterocycles. The number of likely N-dealkylation sites (N-methyl/N-ethyl adjacent to an activating group) is 1. The molecular weight excluding hydrogens is 204 g/mol. The Kier molecular flexibility index (Phi) is 6.28. The first kappa shape index (κ1) is 13.9. The van der Waals surface area contributed by atoms with Gasteiger partial charge in [0.1, 0.15) is 0 Å². The molecule has 4 nitrogen and oxygen atoms in total. The van der Waals surface area contributed by atoms with Gasteiger partial charge in [0.25, 0.3) is 0 Å². The van der Waals surface area contributed by atoms with Crippen LogP contribution in [-0.4, -0.2) is 61.0 Å². The van der Waals surface area contributed by atoms with Gasteiger partial charge < -0.3 is 15.2 Å². The number of nitrogens with zero attached hydrogens (tertiary/aromatic N) is 1. The molecule has 0 aromatic rings. The van der Waals surface area contributed by atoms with Crippen LogP contribution in [0.5, 0.6) is 0 Å². The second-order valence-corrected chi connectivity index (χ2v) is 4.74. The van der Waals surface area contributed by atoms with Crippen molar-refractivity contribution in [2.45, 2.75) is 45.4 Å². The average Bonchev–Trinajstić information content (AvgIpc) is 2.23. The van der Waals surface area contributed by atoms with E-state index in [1.165, 1.54) is 0 Å². The molecule has 0 saturated carbocycles. The average molecular weight is 230 g/mol. The predicted octanol–water partition coefficient (Wildman–Crippen LogP) is 0.456. The summed E-state index contributed by atoms with van der Waals surface area (Å²) in [4.78, 5) is 2.43. The van der Waals surface area contributed by atoms with Crippen LogP contribution in [0, 0.1) is 0 Å². The van der Waals surface area contributed by atoms with Crippen LogP contribution in [-0.2, 0) is 4.74 Å². The number of ether oxygens (including phenoxy) is 1. The summed E-state index contributed by atoms with van der Waals surface area (Å²) in [6.07, 6.45) is 1.66. The summed E-state index contributed by atoms with van der Waals surface area (Å²) in [7, 11) is 0. The number of aliphatic hydroxyl groups is 1. The first-order valence-electron chi connectivity index (χ1n) is 6.37. The summed E-state index contributed by atoms with van der Waals surface area (Å²) in [6, 6.07) is 0.235. The summed E-state index contributed by atoms with van der Waals surface area (Å²) in [5.41, 5.74) is 0. The lowest BCUT2D eigenvalue weighted by molar-refractivity contribution is -0.0688. The van der Waals surface area contributed by atoms with Crippen molar-refractivity contribution in [1.29, 1.82) is 0 Å². The third-order valence-corrected chi connectivity index (χ3v) is 3.00. The summed E-state index contributed by atoms with van der Waals surface area (Å²) < 4.78 is 5.69. The molecule has 0 aromatic carbocycles. The zero-order chi connectivity index (χ0) is 12.0. The Hall–Kier alpha value is -0.160. The van der Waals surface area contributed by atoms with E-state index < -0.39 is 0 Å². The number of morpholine rings is 1. The Morgan fingerprint density at radius 3 is 2.50 bits per heavy atom. The maximum atomic E-state index is 9.18. The minimum Gasteiger partial charge on any atom is -0.395 e. The molecule has 16 heavy (non-hydrogen) atoms. The van der Waals surface area contributed by atoms with E-state index in [2.05, 4.69) is 31.0 Å². The first-order chi connectivity index (χ1) is 7.65. The highest BCUT2D eigenvalue weighted by molar-refractivity contribution is 4.75. The Morgan fingerprint density at radius 2 is 2.00 bits per heavy atom. The summed E-state index contributed by atoms with van der Waals surface area (Å²) >= 11 is 0. The second-order valence-electron chi connectivity index (χ2n) is 4.74. The van der Waals surface area contributed by atoms with Crippen LogP contribution in [0.25, 0.3) is 0 Å². The third-order valence-electron chi connectivity index (χ3n) is 3.00. The van der Waals surface area contributed by atoms with Gasteiger partial charge in [0, 0.05) is 19.1 Å². The van der Waals surface area contributed by atoms with Crippen molar-refractivity contribution in [2.24, 2.45) is 0 Å². The molecule has 0 aliphatic carbocycles. The molecular formula is C12H26N2O2. The van der Waals surface area contributed by atoms with Crippen molar-refractivity contribution >= 4 is 0 Å². The second kappa shape index (κ2) is 7.22. The number of rotatable bonds is 6. The fraction of sp³-hybridized carbons (Fsp3) is 1.00. The molecule has 0 bridgehead atoms. The van der Waals surface area contributed by atoms with E-state index in [1.54, 1.807) is 0 Å². The minimum atomic E-state index is 0.225. The highest BCUT2D eigenvalue weighted by atomic mass is 16.5. The van der Waals surface area contributed by atoms with E-state index in [4.69, 9.17) is 4.74 Å². The zero-order valence-electron chi connectivity index (χ0n) is 10.8. The van der Waals surface area contributed by atoms with Crippen molar-refractivity contribution in [3.05, 3.63) is 0 Å². The van der Waals surface area contributed by atoms with Crippen LogP contribution in [0.1, 0.15) is 27.2 Å². The van der Waals surface area contributed by atoms with Gasteiger partial charge in [0.2, 0.25) is 0 Å². The molecule has 3 atom stereocenters. The molecule has 1 rings (SSSR count). The Bertz CT molecular complexity index is 180. The van der Waals surface area contributed by atoms with Gasteiger partial charge in [-0.05, 0) is 33.4 Å². The van der Waals surface area contributed by atoms with Gasteiger partial charge in [-0.3, -0.25) is 4.90 Å². The first-order valence-corrected chi connectivity index (χ1v) is 6.37. The number of hydrogen-bond acceptors (Lipinski definition) is 4. The molecule has 1 aliphatic rings. The molecule has 4 heteroatoms. The van der Waals surface area contributed by atoms with Gasteiger partial charge in [-0.15, -0.1) is 0 Å². The SMILES string of the molecule is CCNC(CO)CCN1C[C@@H](C)O[C@@H](C)C1. The van der Waals surface area contributed by atoms with E-state index >= 15 is 0 Å². The fourth-order valence-corrected chi connectivity index (χ4v) is 2.35. The summed E-state index contributed by atoms with van der Waals surface area (Å²) in [6.45, 7) is 10.5. The van der Waals surface area contributed by atoms with Crippen LogP contribution in [0.15, 0.2) is 0 Å². The van der Waals surface area contributed by atoms with Crippen LogP contribution >= 0.6 is 0 Å². The Labute approximate surface area is 99.0 Å². The maximum absolute atomic E-state index is 9.18. The standard InChI is InChI=1S/C12H26N2O2/c1-4-13-12(9-15)5-6-14-7-10(2)16-11(3)8-14/h10-13,15H,4-9H2,1-3H3/t10-,11+,12?. The maximum Gasteiger partial charge on any atom is 0.0678 e. The molecule has 1 saturated heterocycles. The van der Waals surface area contributed by atoms with Gasteiger partial charge in [-0.1, -0.05) is 6.92 Å². The molecule has 1 heterocycles. The van der Waals surface area contributed by atoms with E-state index in [0.29, 0.717) is 12.2 Å². The number of aliphatic hydroxyl groups excluding tert-OH is 1. The van der Waals surface area contributed by atoms with Crippen molar-refractivity contribution in [1.82, 2.24) is 10.2 Å². The van der Waals surface area contributed by atoms with Crippen molar-refractivity contribution in [3.8, 4) is 0 Å². The van der Waals surface area contributed by atoms with Crippen molar-refractivity contribution < 1.29 is 9.84 Å². The monoisotopic (exact) mass is 230 g/mol. The van der Waals surface area contributed by atoms with E-state index in [0.717, 1.165) is 32.6 Å². The van der Waals surface area contributed by atoms with E-state index in [1.807, 2.05) is 0 Å². The van der Waals surface area contributed by atoms with Gasteiger partial charge in [-0.25, -0.2) is 0 Å². The number of nitrogens with one attached hydrogen (secondary N) is 1. The molecule has 2 N–H and O–H groups in total. The van der Waals surface area contributed by atoms with Gasteiger partial charge in [-0.2, -0.15) is 0 Å². The largest absolute Gasteiger partial charge is 0.395 e. The molecule has 1 aliphatic heterocycles. The molecule has 1 unspecified atom stereocenters. The van der Waals surface area contributed by atoms with Crippen LogP contribution in [0.2, 0.25) is 0 Å². The topological polar surface area (TPSA) is 44.7 Å². The predicted molar refractivity (Wildman–Crippen MR) is 65.6 cm³/mol. The van der Waals surface area contributed by atoms with E-state index in [9.17, 15) is 5.11 Å². The third kappa shape index (κ3) is 4.78. The Balaban J connectivity index is 2.25. The van der Waals surface area contributed by atoms with Crippen molar-refractivity contribution in [2.75, 3.05) is 32.8 Å².